The number of halogens is 2. The Hall–Kier alpha value is -2.33. The van der Waals surface area contributed by atoms with Crippen LogP contribution >= 0.6 is 23.4 Å². The molecular weight excluding hydrogens is 503 g/mol. The van der Waals surface area contributed by atoms with Gasteiger partial charge >= 0.3 is 5.97 Å². The van der Waals surface area contributed by atoms with E-state index in [1.54, 1.807) is 23.9 Å². The van der Waals surface area contributed by atoms with Gasteiger partial charge in [-0.1, -0.05) is 36.9 Å². The third-order valence-electron chi connectivity index (χ3n) is 6.82. The molecule has 36 heavy (non-hydrogen) atoms. The van der Waals surface area contributed by atoms with Crippen molar-refractivity contribution in [1.82, 2.24) is 15.0 Å². The molecule has 0 aliphatic heterocycles. The van der Waals surface area contributed by atoms with E-state index in [2.05, 4.69) is 30.9 Å². The average Bonchev–Trinajstić information content (AvgIpc) is 2.86. The van der Waals surface area contributed by atoms with Gasteiger partial charge in [0.1, 0.15) is 5.82 Å². The van der Waals surface area contributed by atoms with Crippen LogP contribution < -0.4 is 16.0 Å². The Morgan fingerprint density at radius 3 is 2.25 bits per heavy atom. The fourth-order valence-electron chi connectivity index (χ4n) is 4.76. The van der Waals surface area contributed by atoms with Crippen LogP contribution in [0.1, 0.15) is 63.4 Å². The SMILES string of the molecule is O=C(O)C1CCC(Nc2nc(NCCSCc3c(F)cccc3Cl)nc(NC3CCCCC3)n2)CC1. The molecule has 0 atom stereocenters. The Morgan fingerprint density at radius 1 is 0.972 bits per heavy atom. The van der Waals surface area contributed by atoms with E-state index in [0.29, 0.717) is 59.6 Å². The molecule has 4 N–H and O–H groups in total. The van der Waals surface area contributed by atoms with Crippen molar-refractivity contribution in [3.63, 3.8) is 0 Å². The van der Waals surface area contributed by atoms with Crippen molar-refractivity contribution in [3.8, 4) is 0 Å². The van der Waals surface area contributed by atoms with Gasteiger partial charge < -0.3 is 21.1 Å². The molecule has 0 bridgehead atoms. The second-order valence-corrected chi connectivity index (χ2v) is 11.0. The topological polar surface area (TPSA) is 112 Å². The number of aliphatic carboxylic acids is 1. The first-order chi connectivity index (χ1) is 17.5. The monoisotopic (exact) mass is 536 g/mol. The molecule has 196 valence electrons. The lowest BCUT2D eigenvalue weighted by molar-refractivity contribution is -0.142. The maximum Gasteiger partial charge on any atom is 0.306 e. The van der Waals surface area contributed by atoms with Gasteiger partial charge in [-0.15, -0.1) is 0 Å². The minimum Gasteiger partial charge on any atom is -0.481 e. The number of aromatic nitrogens is 3. The van der Waals surface area contributed by atoms with Crippen molar-refractivity contribution < 1.29 is 14.3 Å². The minimum absolute atomic E-state index is 0.138. The lowest BCUT2D eigenvalue weighted by Gasteiger charge is -2.27. The Morgan fingerprint density at radius 2 is 1.61 bits per heavy atom. The van der Waals surface area contributed by atoms with Crippen LogP contribution in [0.4, 0.5) is 22.2 Å². The summed E-state index contributed by atoms with van der Waals surface area (Å²) in [7, 11) is 0. The average molecular weight is 537 g/mol. The highest BCUT2D eigenvalue weighted by atomic mass is 35.5. The molecule has 0 unspecified atom stereocenters. The molecule has 1 heterocycles. The highest BCUT2D eigenvalue weighted by molar-refractivity contribution is 7.98. The largest absolute Gasteiger partial charge is 0.481 e. The second kappa shape index (κ2) is 13.3. The van der Waals surface area contributed by atoms with Gasteiger partial charge in [-0.2, -0.15) is 26.7 Å². The van der Waals surface area contributed by atoms with Crippen LogP contribution in [0.15, 0.2) is 18.2 Å². The van der Waals surface area contributed by atoms with E-state index in [1.165, 1.54) is 25.3 Å². The third-order valence-corrected chi connectivity index (χ3v) is 8.16. The molecule has 0 spiro atoms. The first kappa shape index (κ1) is 26.7. The van der Waals surface area contributed by atoms with Gasteiger partial charge in [0.05, 0.1) is 5.92 Å². The number of carboxylic acids is 1. The van der Waals surface area contributed by atoms with Gasteiger partial charge in [0.2, 0.25) is 17.8 Å². The van der Waals surface area contributed by atoms with Crippen molar-refractivity contribution in [2.45, 2.75) is 75.6 Å². The van der Waals surface area contributed by atoms with E-state index in [4.69, 9.17) is 11.6 Å². The number of hydrogen-bond donors (Lipinski definition) is 4. The summed E-state index contributed by atoms with van der Waals surface area (Å²) in [6, 6.07) is 5.23. The highest BCUT2D eigenvalue weighted by Gasteiger charge is 2.26. The zero-order chi connectivity index (χ0) is 25.3. The molecule has 1 aromatic carbocycles. The molecule has 2 aliphatic rings. The number of nitrogens with zero attached hydrogens (tertiary/aromatic N) is 3. The molecule has 2 fully saturated rings. The van der Waals surface area contributed by atoms with Gasteiger partial charge in [-0.25, -0.2) is 4.39 Å². The highest BCUT2D eigenvalue weighted by Crippen LogP contribution is 2.27. The molecule has 2 aromatic rings. The molecule has 2 saturated carbocycles. The Kier molecular flexibility index (Phi) is 9.86. The summed E-state index contributed by atoms with van der Waals surface area (Å²) in [6.45, 7) is 0.604. The molecule has 2 aliphatic carbocycles. The van der Waals surface area contributed by atoms with E-state index in [1.807, 2.05) is 0 Å². The van der Waals surface area contributed by atoms with E-state index in [9.17, 15) is 14.3 Å². The van der Waals surface area contributed by atoms with E-state index in [-0.39, 0.29) is 17.8 Å². The maximum absolute atomic E-state index is 14.0. The standard InChI is InChI=1S/C25H34ClFN6O2S/c26-20-7-4-8-21(27)19(20)15-36-14-13-28-23-31-24(29-17-5-2-1-3-6-17)33-25(32-23)30-18-11-9-16(10-12-18)22(34)35/h4,7-8,16-18H,1-3,5-6,9-15H2,(H,34,35)(H3,28,29,30,31,32,33). The van der Waals surface area contributed by atoms with Crippen molar-refractivity contribution >= 4 is 47.2 Å². The quantitative estimate of drug-likeness (QED) is 0.264. The number of thioether (sulfide) groups is 1. The van der Waals surface area contributed by atoms with Crippen LogP contribution in [0, 0.1) is 11.7 Å². The molecule has 8 nitrogen and oxygen atoms in total. The summed E-state index contributed by atoms with van der Waals surface area (Å²) in [4.78, 5) is 25.0. The van der Waals surface area contributed by atoms with Crippen LogP contribution in [0.25, 0.3) is 0 Å². The second-order valence-electron chi connectivity index (χ2n) is 9.50. The van der Waals surface area contributed by atoms with Gasteiger partial charge in [0.15, 0.2) is 0 Å². The summed E-state index contributed by atoms with van der Waals surface area (Å²) in [5, 5.41) is 19.8. The van der Waals surface area contributed by atoms with Crippen LogP contribution in [-0.4, -0.2) is 50.4 Å². The number of rotatable bonds is 11. The van der Waals surface area contributed by atoms with Crippen LogP contribution in [0.2, 0.25) is 5.02 Å². The van der Waals surface area contributed by atoms with E-state index in [0.717, 1.165) is 31.4 Å². The zero-order valence-corrected chi connectivity index (χ0v) is 21.9. The summed E-state index contributed by atoms with van der Waals surface area (Å²) in [5.74, 6) is 1.48. The Labute approximate surface area is 220 Å². The smallest absolute Gasteiger partial charge is 0.306 e. The number of hydrogen-bond acceptors (Lipinski definition) is 8. The van der Waals surface area contributed by atoms with Crippen LogP contribution in [0.3, 0.4) is 0 Å². The van der Waals surface area contributed by atoms with Gasteiger partial charge in [-0.05, 0) is 50.7 Å². The number of benzene rings is 1. The number of nitrogens with one attached hydrogen (secondary N) is 3. The van der Waals surface area contributed by atoms with Gasteiger partial charge in [0, 0.05) is 40.7 Å². The minimum atomic E-state index is -0.714. The van der Waals surface area contributed by atoms with Crippen LogP contribution in [0.5, 0.6) is 0 Å². The summed E-state index contributed by atoms with van der Waals surface area (Å²) < 4.78 is 14.0. The lowest BCUT2D eigenvalue weighted by atomic mass is 9.86. The molecule has 0 radical (unpaired) electrons. The van der Waals surface area contributed by atoms with Crippen molar-refractivity contribution in [2.24, 2.45) is 5.92 Å². The normalized spacial score (nSPS) is 20.6. The molecule has 0 amide bonds. The Balaban J connectivity index is 1.34. The van der Waals surface area contributed by atoms with Gasteiger partial charge in [-0.3, -0.25) is 4.79 Å². The maximum atomic E-state index is 14.0. The first-order valence-electron chi connectivity index (χ1n) is 12.7. The summed E-state index contributed by atoms with van der Waals surface area (Å²) in [6.07, 6.45) is 8.72. The predicted octanol–water partition coefficient (Wildman–Crippen LogP) is 5.81. The van der Waals surface area contributed by atoms with Crippen molar-refractivity contribution in [2.75, 3.05) is 28.2 Å². The number of carboxylic acid groups (broad SMARTS) is 1. The molecule has 11 heteroatoms. The van der Waals surface area contributed by atoms with Crippen LogP contribution in [-0.2, 0) is 10.5 Å². The van der Waals surface area contributed by atoms with Crippen molar-refractivity contribution in [3.05, 3.63) is 34.6 Å². The van der Waals surface area contributed by atoms with Crippen molar-refractivity contribution in [1.29, 1.82) is 0 Å². The molecule has 0 saturated heterocycles. The summed E-state index contributed by atoms with van der Waals surface area (Å²) >= 11 is 7.70. The fraction of sp³-hybridized carbons (Fsp3) is 0.600. The van der Waals surface area contributed by atoms with Gasteiger partial charge in [0.25, 0.3) is 0 Å². The Bertz CT molecular complexity index is 998. The summed E-state index contributed by atoms with van der Waals surface area (Å²) in [5.41, 5.74) is 0.521. The lowest BCUT2D eigenvalue weighted by Crippen LogP contribution is -2.30. The predicted molar refractivity (Wildman–Crippen MR) is 143 cm³/mol. The number of carbonyl (C=O) groups is 1. The number of anilines is 3. The fourth-order valence-corrected chi connectivity index (χ4v) is 5.96. The van der Waals surface area contributed by atoms with E-state index < -0.39 is 5.97 Å². The third kappa shape index (κ3) is 7.83. The molecule has 1 aromatic heterocycles. The van der Waals surface area contributed by atoms with E-state index >= 15 is 0 Å². The zero-order valence-electron chi connectivity index (χ0n) is 20.3. The first-order valence-corrected chi connectivity index (χ1v) is 14.3. The molecule has 4 rings (SSSR count). The molecular formula is C25H34ClFN6O2S.